The predicted molar refractivity (Wildman–Crippen MR) is 31.3 cm³/mol. The summed E-state index contributed by atoms with van der Waals surface area (Å²) in [6.45, 7) is 0. The van der Waals surface area contributed by atoms with Crippen molar-refractivity contribution in [2.45, 2.75) is 0 Å². The van der Waals surface area contributed by atoms with E-state index in [1.54, 1.807) is 0 Å². The van der Waals surface area contributed by atoms with E-state index in [0.29, 0.717) is 0 Å². The van der Waals surface area contributed by atoms with E-state index < -0.39 is 7.95 Å². The van der Waals surface area contributed by atoms with Gasteiger partial charge in [0.2, 0.25) is 0 Å². The topological polar surface area (TPSA) is 60.7 Å². The first-order chi connectivity index (χ1) is 2.00. The average Bonchev–Trinajstić information content (AvgIpc) is 0.722. The molecule has 0 spiro atoms. The van der Waals surface area contributed by atoms with Gasteiger partial charge in [0.1, 0.15) is 0 Å². The van der Waals surface area contributed by atoms with E-state index in [-0.39, 0.29) is 17.4 Å². The molecule has 0 aliphatic carbocycles. The molecular weight excluding hydrogens is 135 g/mol. The van der Waals surface area contributed by atoms with Gasteiger partial charge in [-0.05, 0) is 0 Å². The SMILES string of the molecule is O[Si](O)(O)S.[AlH3]. The van der Waals surface area contributed by atoms with Crippen LogP contribution in [0.4, 0.5) is 0 Å². The maximum Gasteiger partial charge on any atom is 0.561 e. The Morgan fingerprint density at radius 1 is 1.17 bits per heavy atom. The van der Waals surface area contributed by atoms with Gasteiger partial charge in [0.15, 0.2) is 17.4 Å². The minimum absolute atomic E-state index is 0. The lowest BCUT2D eigenvalue weighted by Crippen LogP contribution is -2.25. The smallest absolute Gasteiger partial charge is 0.382 e. The monoisotopic (exact) mass is 142 g/mol. The molecule has 0 saturated carbocycles. The second-order valence-electron chi connectivity index (χ2n) is 0.600. The summed E-state index contributed by atoms with van der Waals surface area (Å²) >= 11 is 2.93. The molecule has 0 unspecified atom stereocenters. The zero-order chi connectivity index (χ0) is 4.50. The van der Waals surface area contributed by atoms with E-state index in [1.165, 1.54) is 0 Å². The van der Waals surface area contributed by atoms with Crippen molar-refractivity contribution in [3.63, 3.8) is 0 Å². The predicted octanol–water partition coefficient (Wildman–Crippen LogP) is -2.86. The minimum Gasteiger partial charge on any atom is -0.382 e. The molecule has 0 aromatic heterocycles. The minimum atomic E-state index is -3.92. The van der Waals surface area contributed by atoms with Crippen LogP contribution in [0.15, 0.2) is 0 Å². The van der Waals surface area contributed by atoms with E-state index in [0.717, 1.165) is 0 Å². The van der Waals surface area contributed by atoms with Gasteiger partial charge < -0.3 is 14.4 Å². The van der Waals surface area contributed by atoms with E-state index in [4.69, 9.17) is 14.4 Å². The quantitative estimate of drug-likeness (QED) is 0.217. The van der Waals surface area contributed by atoms with Crippen LogP contribution in [-0.2, 0) is 0 Å². The number of hydrogen-bond acceptors (Lipinski definition) is 4. The molecule has 0 rings (SSSR count). The summed E-state index contributed by atoms with van der Waals surface area (Å²) in [5.41, 5.74) is 0. The Labute approximate surface area is 52.2 Å². The maximum atomic E-state index is 7.64. The van der Waals surface area contributed by atoms with Gasteiger partial charge in [-0.2, -0.15) is 0 Å². The van der Waals surface area contributed by atoms with Crippen LogP contribution in [0.3, 0.4) is 0 Å². The van der Waals surface area contributed by atoms with Crippen LogP contribution in [0.25, 0.3) is 0 Å². The molecule has 6 heavy (non-hydrogen) atoms. The molecule has 0 heterocycles. The lowest BCUT2D eigenvalue weighted by Gasteiger charge is -1.93. The van der Waals surface area contributed by atoms with Crippen molar-refractivity contribution in [3.8, 4) is 0 Å². The number of rotatable bonds is 0. The normalized spacial score (nSPS) is 10.0. The zero-order valence-corrected chi connectivity index (χ0v) is 4.18. The highest BCUT2D eigenvalue weighted by molar-refractivity contribution is 8.11. The van der Waals surface area contributed by atoms with E-state index in [1.807, 2.05) is 0 Å². The summed E-state index contributed by atoms with van der Waals surface area (Å²) in [6.07, 6.45) is 0. The third-order valence-electron chi connectivity index (χ3n) is 0. The molecule has 3 nitrogen and oxygen atoms in total. The molecule has 3 N–H and O–H groups in total. The molecule has 0 aliphatic heterocycles. The first-order valence-electron chi connectivity index (χ1n) is 0.894. The third kappa shape index (κ3) is 82.2. The fraction of sp³-hybridized carbons (Fsp3) is 0. The van der Waals surface area contributed by atoms with Gasteiger partial charge in [0.25, 0.3) is 0 Å². The van der Waals surface area contributed by atoms with Crippen molar-refractivity contribution < 1.29 is 14.4 Å². The van der Waals surface area contributed by atoms with Gasteiger partial charge in [0.05, 0.1) is 0 Å². The van der Waals surface area contributed by atoms with Crippen LogP contribution in [0.1, 0.15) is 0 Å². The number of hydrogen-bond donors (Lipinski definition) is 4. The molecule has 0 amide bonds. The summed E-state index contributed by atoms with van der Waals surface area (Å²) in [6, 6.07) is 0. The highest BCUT2D eigenvalue weighted by Gasteiger charge is 2.17. The molecule has 38 valence electrons. The third-order valence-corrected chi connectivity index (χ3v) is 0. The second kappa shape index (κ2) is 3.04. The zero-order valence-electron chi connectivity index (χ0n) is 2.29. The molecule has 0 radical (unpaired) electrons. The van der Waals surface area contributed by atoms with Crippen LogP contribution >= 0.6 is 12.1 Å². The van der Waals surface area contributed by atoms with Crippen LogP contribution in [0.2, 0.25) is 0 Å². The second-order valence-corrected chi connectivity index (χ2v) is 3.60. The molecule has 0 aromatic rings. The first kappa shape index (κ1) is 10.1. The Hall–Kier alpha value is 0.979. The van der Waals surface area contributed by atoms with E-state index in [2.05, 4.69) is 12.1 Å². The Kier molecular flexibility index (Phi) is 5.11. The Morgan fingerprint density at radius 2 is 1.17 bits per heavy atom. The van der Waals surface area contributed by atoms with Crippen molar-refractivity contribution >= 4 is 37.4 Å². The summed E-state index contributed by atoms with van der Waals surface area (Å²) in [5, 5.41) is 0. The lowest BCUT2D eigenvalue weighted by atomic mass is 15.8. The Balaban J connectivity index is 0. The Morgan fingerprint density at radius 3 is 1.17 bits per heavy atom. The lowest BCUT2D eigenvalue weighted by molar-refractivity contribution is 0.265. The average molecular weight is 142 g/mol. The molecule has 0 aliphatic rings. The fourth-order valence-corrected chi connectivity index (χ4v) is 0. The molecule has 0 aromatic carbocycles. The van der Waals surface area contributed by atoms with Gasteiger partial charge in [-0.15, -0.1) is 12.1 Å². The van der Waals surface area contributed by atoms with Crippen molar-refractivity contribution in [1.82, 2.24) is 0 Å². The van der Waals surface area contributed by atoms with Crippen molar-refractivity contribution in [1.29, 1.82) is 0 Å². The van der Waals surface area contributed by atoms with Gasteiger partial charge in [0, 0.05) is 0 Å². The summed E-state index contributed by atoms with van der Waals surface area (Å²) in [4.78, 5) is 22.9. The highest BCUT2D eigenvalue weighted by atomic mass is 32.3. The van der Waals surface area contributed by atoms with Gasteiger partial charge in [-0.1, -0.05) is 0 Å². The molecular formula is H7AlO3SSi. The van der Waals surface area contributed by atoms with Crippen LogP contribution in [-0.4, -0.2) is 39.7 Å². The molecule has 0 atom stereocenters. The molecule has 6 heteroatoms. The maximum absolute atomic E-state index is 7.64. The summed E-state index contributed by atoms with van der Waals surface area (Å²) in [7, 11) is -3.92. The summed E-state index contributed by atoms with van der Waals surface area (Å²) < 4.78 is 0. The van der Waals surface area contributed by atoms with Crippen LogP contribution in [0.5, 0.6) is 0 Å². The first-order valence-corrected chi connectivity index (χ1v) is 4.02. The standard InChI is InChI=1S/Al.H4O3SSi.3H/c;1-5(2,3)4;;;/h;1-4H;;;. The number of thiol groups is 1. The van der Waals surface area contributed by atoms with Crippen LogP contribution in [0, 0.1) is 0 Å². The summed E-state index contributed by atoms with van der Waals surface area (Å²) in [5.74, 6) is 0. The van der Waals surface area contributed by atoms with E-state index >= 15 is 0 Å². The highest BCUT2D eigenvalue weighted by Crippen LogP contribution is 1.85. The largest absolute Gasteiger partial charge is 0.561 e. The molecule has 0 bridgehead atoms. The van der Waals surface area contributed by atoms with E-state index in [9.17, 15) is 0 Å². The van der Waals surface area contributed by atoms with Crippen LogP contribution < -0.4 is 0 Å². The van der Waals surface area contributed by atoms with Gasteiger partial charge in [-0.3, -0.25) is 0 Å². The van der Waals surface area contributed by atoms with Crippen molar-refractivity contribution in [2.24, 2.45) is 0 Å². The van der Waals surface area contributed by atoms with Crippen molar-refractivity contribution in [2.75, 3.05) is 0 Å². The molecule has 0 saturated heterocycles. The fourth-order valence-electron chi connectivity index (χ4n) is 0. The van der Waals surface area contributed by atoms with Gasteiger partial charge in [-0.25, -0.2) is 0 Å². The van der Waals surface area contributed by atoms with Crippen molar-refractivity contribution in [3.05, 3.63) is 0 Å². The Bertz CT molecular complexity index is 26.3. The molecule has 0 fully saturated rings. The van der Waals surface area contributed by atoms with Gasteiger partial charge >= 0.3 is 7.95 Å².